The molecule has 0 heterocycles. The molecule has 0 spiro atoms. The quantitative estimate of drug-likeness (QED) is 0.0595. The molecule has 0 unspecified atom stereocenters. The minimum atomic E-state index is 2.50. The smallest absolute Gasteiger partial charge is 0 e. The molecule has 0 aliphatic rings. The van der Waals surface area contributed by atoms with E-state index in [1.807, 2.05) is 0 Å². The van der Waals surface area contributed by atoms with Gasteiger partial charge in [0.2, 0.25) is 0 Å². The van der Waals surface area contributed by atoms with Gasteiger partial charge in [-0.15, -0.1) is 0 Å². The zero-order valence-corrected chi connectivity index (χ0v) is 22.1. The molecule has 0 aliphatic carbocycles. The molecule has 49 heteroatoms. The summed E-state index contributed by atoms with van der Waals surface area (Å²) in [4.78, 5) is 0. The van der Waals surface area contributed by atoms with Crippen molar-refractivity contribution in [3.8, 4) is 0 Å². The summed E-state index contributed by atoms with van der Waals surface area (Å²) in [5.41, 5.74) is 6.25. The highest BCUT2D eigenvalue weighted by molar-refractivity contribution is 4.17. The van der Waals surface area contributed by atoms with Crippen molar-refractivity contribution in [2.45, 2.75) is 0 Å². The van der Waals surface area contributed by atoms with E-state index in [-0.39, 0.29) is 0 Å². The molecule has 0 rings (SSSR count). The van der Waals surface area contributed by atoms with Crippen molar-refractivity contribution in [3.63, 3.8) is 0 Å². The Balaban J connectivity index is 4.05. The predicted octanol–water partition coefficient (Wildman–Crippen LogP) is 8.34. The van der Waals surface area contributed by atoms with Gasteiger partial charge in [-0.1, -0.05) is 5.22 Å². The van der Waals surface area contributed by atoms with Crippen LogP contribution in [0.5, 0.6) is 0 Å². The van der Waals surface area contributed by atoms with E-state index in [9.17, 15) is 0 Å². The van der Waals surface area contributed by atoms with E-state index in [0.29, 0.717) is 0 Å². The normalized spacial score (nSPS) is 15.3. The lowest BCUT2D eigenvalue weighted by atomic mass is 12.3. The lowest BCUT2D eigenvalue weighted by molar-refractivity contribution is 0.725. The molecule has 0 radical (unpaired) electrons. The van der Waals surface area contributed by atoms with Gasteiger partial charge in [0, 0.05) is 162 Å². The molecule has 0 aromatic heterocycles. The van der Waals surface area contributed by atoms with Crippen molar-refractivity contribution in [1.29, 1.82) is 5.53 Å². The Labute approximate surface area is 258 Å². The first-order valence-electron chi connectivity index (χ1n) is 9.68. The van der Waals surface area contributed by atoms with E-state index >= 15 is 0 Å². The average molecular weight is 689 g/mol. The van der Waals surface area contributed by atoms with Gasteiger partial charge in [0.25, 0.3) is 0 Å². The Kier molecular flexibility index (Phi) is 30.6. The van der Waals surface area contributed by atoms with Crippen LogP contribution in [-0.4, -0.2) is 0 Å². The number of nitrogens with one attached hydrogen (secondary N) is 1. The second-order valence-corrected chi connectivity index (χ2v) is 4.24. The first kappa shape index (κ1) is 39.2. The summed E-state index contributed by atoms with van der Waals surface area (Å²) in [5.74, 6) is 4.62. The van der Waals surface area contributed by atoms with Gasteiger partial charge in [0.15, 0.2) is 0 Å². The molecule has 0 aliphatic heterocycles. The Bertz CT molecular complexity index is 1530. The van der Waals surface area contributed by atoms with Crippen molar-refractivity contribution in [2.75, 3.05) is 0 Å². The molecular formula is H3N49. The van der Waals surface area contributed by atoms with E-state index in [2.05, 4.69) is 251 Å². The third-order valence-electron chi connectivity index (χ3n) is 1.86. The van der Waals surface area contributed by atoms with Gasteiger partial charge in [-0.3, -0.25) is 0 Å². The van der Waals surface area contributed by atoms with Gasteiger partial charge >= 0.3 is 0 Å². The van der Waals surface area contributed by atoms with Crippen LogP contribution in [-0.2, 0) is 0 Å². The molecule has 0 amide bonds. The minimum Gasteiger partial charge on any atom is -0.303 e. The maximum absolute atomic E-state index is 6.25. The fourth-order valence-electron chi connectivity index (χ4n) is 0.812. The van der Waals surface area contributed by atoms with Crippen LogP contribution < -0.4 is 5.84 Å². The maximum Gasteiger partial charge on any atom is 0 e. The van der Waals surface area contributed by atoms with Gasteiger partial charge < -0.3 is 5.84 Å². The minimum absolute atomic E-state index is 2.50. The zero-order chi connectivity index (χ0) is 35.2. The van der Waals surface area contributed by atoms with Crippen molar-refractivity contribution in [1.82, 2.24) is 0 Å². The van der Waals surface area contributed by atoms with Crippen molar-refractivity contribution >= 4 is 0 Å². The maximum atomic E-state index is 6.25. The fourth-order valence-corrected chi connectivity index (χ4v) is 0.812. The molecule has 0 aromatic carbocycles. The molecule has 0 aromatic rings. The van der Waals surface area contributed by atoms with Gasteiger partial charge in [-0.2, -0.15) is 5.53 Å². The summed E-state index contributed by atoms with van der Waals surface area (Å²) in [7, 11) is 0. The van der Waals surface area contributed by atoms with Crippen LogP contribution in [0.3, 0.4) is 0 Å². The molecule has 49 heavy (non-hydrogen) atoms. The number of hydrogen-bond acceptors (Lipinski definition) is 2. The van der Waals surface area contributed by atoms with Crippen molar-refractivity contribution in [2.24, 2.45) is 251 Å². The van der Waals surface area contributed by atoms with E-state index < -0.39 is 0 Å². The second-order valence-electron chi connectivity index (χ2n) is 4.24. The third-order valence-corrected chi connectivity index (χ3v) is 1.86. The molecule has 0 saturated carbocycles. The molecule has 3 N–H and O–H groups in total. The molecule has 49 nitrogen and oxygen atoms in total. The van der Waals surface area contributed by atoms with Crippen LogP contribution in [0.25, 0.3) is 0 Å². The first-order valence-corrected chi connectivity index (χ1v) is 9.68. The molecule has 0 saturated heterocycles. The monoisotopic (exact) mass is 689 g/mol. The van der Waals surface area contributed by atoms with E-state index in [0.717, 1.165) is 0 Å². The second kappa shape index (κ2) is 38.2. The van der Waals surface area contributed by atoms with E-state index in [1.54, 1.807) is 0 Å². The Morgan fingerprint density at radius 1 is 0.163 bits per heavy atom. The number of rotatable bonds is 23. The molecule has 0 bridgehead atoms. The highest BCUT2D eigenvalue weighted by atomic mass is 15.8. The summed E-state index contributed by atoms with van der Waals surface area (Å²) in [6.45, 7) is 0. The zero-order valence-electron chi connectivity index (χ0n) is 22.1. The molecule has 0 atom stereocenters. The topological polar surface area (TPSA) is 631 Å². The largest absolute Gasteiger partial charge is 0.303 e. The summed E-state index contributed by atoms with van der Waals surface area (Å²) in [5, 5.41) is 139. The third kappa shape index (κ3) is 38.2. The molecule has 248 valence electrons. The van der Waals surface area contributed by atoms with Crippen LogP contribution in [0.4, 0.5) is 0 Å². The Hall–Kier alpha value is -9.80. The average Bonchev–Trinajstić information content (AvgIpc) is 3.11. The van der Waals surface area contributed by atoms with Gasteiger partial charge in [-0.05, 0) is 78.3 Å². The summed E-state index contributed by atoms with van der Waals surface area (Å²) in [6, 6.07) is 0. The van der Waals surface area contributed by atoms with Gasteiger partial charge in [0.1, 0.15) is 0 Å². The number of hydrogen-bond donors (Lipinski definition) is 2. The van der Waals surface area contributed by atoms with Crippen LogP contribution in [0.1, 0.15) is 0 Å². The molecular weight excluding hydrogens is 686 g/mol. The fraction of sp³-hybridized carbons (Fsp3) is 0. The summed E-state index contributed by atoms with van der Waals surface area (Å²) >= 11 is 0. The Morgan fingerprint density at radius 2 is 0.265 bits per heavy atom. The van der Waals surface area contributed by atoms with E-state index in [4.69, 9.17) is 5.53 Å². The van der Waals surface area contributed by atoms with Gasteiger partial charge in [0.05, 0.1) is 0 Å². The summed E-state index contributed by atoms with van der Waals surface area (Å²) in [6.07, 6.45) is 0. The predicted molar refractivity (Wildman–Crippen MR) is 121 cm³/mol. The highest BCUT2D eigenvalue weighted by Gasteiger charge is 1.74. The van der Waals surface area contributed by atoms with Crippen LogP contribution >= 0.6 is 0 Å². The van der Waals surface area contributed by atoms with Gasteiger partial charge in [-0.25, -0.2) is 0 Å². The van der Waals surface area contributed by atoms with Crippen LogP contribution in [0.15, 0.2) is 245 Å². The van der Waals surface area contributed by atoms with Crippen LogP contribution in [0.2, 0.25) is 0 Å². The van der Waals surface area contributed by atoms with Crippen LogP contribution in [0, 0.1) is 5.53 Å². The first-order chi connectivity index (χ1) is 24.4. The lowest BCUT2D eigenvalue weighted by Gasteiger charge is -1.70. The Morgan fingerprint density at radius 3 is 0.367 bits per heavy atom. The van der Waals surface area contributed by atoms with Crippen molar-refractivity contribution < 1.29 is 0 Å². The SMILES string of the molecule is N=N/N=N/N=N/N=N/N=N/N=N/N=N/N=N/N=N/N=N/N=N/N=N/N=N/N=N/N=N/N=N/N=N/N=N/N=N/N=N/N=N/N=N/N=N/N=N/N. The van der Waals surface area contributed by atoms with Crippen molar-refractivity contribution in [3.05, 3.63) is 0 Å². The highest BCUT2D eigenvalue weighted by Crippen LogP contribution is 1.93. The van der Waals surface area contributed by atoms with E-state index in [1.165, 1.54) is 0 Å². The lowest BCUT2D eigenvalue weighted by Crippen LogP contribution is -1.70. The number of nitrogens with two attached hydrogens (primary N) is 1. The molecule has 0 fully saturated rings. The summed E-state index contributed by atoms with van der Waals surface area (Å²) < 4.78 is 0. The number of nitrogens with zero attached hydrogens (tertiary/aromatic N) is 47. The standard InChI is InChI=1S/H3N49/c1-3-5-7-9-11-13-15-17-19-21-23-25-27-29-31-33-35-37-39-41-43-45-47-49-48-46-44-42-40-38-36-34-32-30-28-26-24-22-20-18-16-14-12-10-8-6-4-2/h(H3,1,2,5,6,9,10,13,14,17,18,21,22,25,26,29,30,33,34,37,38,41,42,45,46,49).